The number of thiazole rings is 1. The van der Waals surface area contributed by atoms with Gasteiger partial charge in [-0.3, -0.25) is 0 Å². The Bertz CT molecular complexity index is 547. The third-order valence-corrected chi connectivity index (χ3v) is 6.38. The average molecular weight is 403 g/mol. The van der Waals surface area contributed by atoms with Gasteiger partial charge in [0.05, 0.1) is 5.01 Å². The van der Waals surface area contributed by atoms with Crippen molar-refractivity contribution in [2.24, 2.45) is 0 Å². The van der Waals surface area contributed by atoms with Crippen molar-refractivity contribution in [3.05, 3.63) is 51.5 Å². The monoisotopic (exact) mass is 401 g/mol. The molecule has 0 saturated heterocycles. The van der Waals surface area contributed by atoms with Crippen molar-refractivity contribution in [3.63, 3.8) is 0 Å². The first-order chi connectivity index (χ1) is 9.09. The maximum absolute atomic E-state index is 4.37. The lowest BCUT2D eigenvalue weighted by atomic mass is 9.80. The van der Waals surface area contributed by atoms with Crippen molar-refractivity contribution in [2.75, 3.05) is 10.7 Å². The number of halogens is 2. The summed E-state index contributed by atoms with van der Waals surface area (Å²) in [4.78, 5) is 5.71. The van der Waals surface area contributed by atoms with E-state index in [1.165, 1.54) is 16.0 Å². The van der Waals surface area contributed by atoms with Crippen LogP contribution in [-0.2, 0) is 11.8 Å². The number of hydrogen-bond donors (Lipinski definition) is 0. The molecule has 0 bridgehead atoms. The van der Waals surface area contributed by atoms with Gasteiger partial charge in [-0.15, -0.1) is 11.3 Å². The lowest BCUT2D eigenvalue weighted by Gasteiger charge is -2.30. The van der Waals surface area contributed by atoms with E-state index in [1.54, 1.807) is 11.3 Å². The fraction of sp³-hybridized carbons (Fsp3) is 0.400. The number of alkyl halides is 2. The summed E-state index contributed by atoms with van der Waals surface area (Å²) in [6.07, 6.45) is 3.02. The minimum absolute atomic E-state index is 0.0883. The molecule has 102 valence electrons. The predicted octanol–water partition coefficient (Wildman–Crippen LogP) is 5.03. The molecule has 0 aliphatic rings. The van der Waals surface area contributed by atoms with Crippen LogP contribution in [0.5, 0.6) is 0 Å². The van der Waals surface area contributed by atoms with E-state index < -0.39 is 0 Å². The molecule has 1 nitrogen and oxygen atoms in total. The molecule has 1 heterocycles. The van der Waals surface area contributed by atoms with E-state index in [2.05, 4.69) is 75.0 Å². The normalized spacial score (nSPS) is 11.8. The Balaban J connectivity index is 2.37. The Kier molecular flexibility index (Phi) is 5.21. The van der Waals surface area contributed by atoms with Gasteiger partial charge in [-0.05, 0) is 25.8 Å². The van der Waals surface area contributed by atoms with Gasteiger partial charge in [-0.1, -0.05) is 61.7 Å². The van der Waals surface area contributed by atoms with Crippen LogP contribution in [0, 0.1) is 13.8 Å². The highest BCUT2D eigenvalue weighted by Crippen LogP contribution is 2.34. The molecule has 2 aromatic rings. The molecule has 1 aromatic heterocycles. The van der Waals surface area contributed by atoms with E-state index >= 15 is 0 Å². The van der Waals surface area contributed by atoms with Crippen LogP contribution in [0.4, 0.5) is 0 Å². The average Bonchev–Trinajstić information content (AvgIpc) is 2.81. The fourth-order valence-electron chi connectivity index (χ4n) is 2.18. The molecule has 1 aromatic carbocycles. The van der Waals surface area contributed by atoms with Crippen LogP contribution in [0.25, 0.3) is 0 Å². The molecular weight excluding hydrogens is 386 g/mol. The van der Waals surface area contributed by atoms with E-state index in [4.69, 9.17) is 0 Å². The number of aromatic nitrogens is 1. The highest BCUT2D eigenvalue weighted by molar-refractivity contribution is 9.09. The molecule has 0 amide bonds. The van der Waals surface area contributed by atoms with E-state index in [0.29, 0.717) is 0 Å². The van der Waals surface area contributed by atoms with Gasteiger partial charge in [0.25, 0.3) is 0 Å². The third kappa shape index (κ3) is 3.47. The summed E-state index contributed by atoms with van der Waals surface area (Å²) in [5, 5.41) is 3.01. The molecule has 0 N–H and O–H groups in total. The summed E-state index contributed by atoms with van der Waals surface area (Å²) in [5.41, 5.74) is 2.78. The largest absolute Gasteiger partial charge is 0.250 e. The molecule has 0 aliphatic carbocycles. The Morgan fingerprint density at radius 3 is 2.47 bits per heavy atom. The molecule has 4 heteroatoms. The van der Waals surface area contributed by atoms with Gasteiger partial charge in [0.1, 0.15) is 0 Å². The van der Waals surface area contributed by atoms with Crippen molar-refractivity contribution >= 4 is 43.2 Å². The molecule has 0 radical (unpaired) electrons. The summed E-state index contributed by atoms with van der Waals surface area (Å²) in [6, 6.07) is 8.80. The van der Waals surface area contributed by atoms with E-state index in [0.717, 1.165) is 22.1 Å². The number of nitrogens with zero attached hydrogens (tertiary/aromatic N) is 1. The summed E-state index contributed by atoms with van der Waals surface area (Å²) in [7, 11) is 0. The highest BCUT2D eigenvalue weighted by Gasteiger charge is 2.31. The molecule has 19 heavy (non-hydrogen) atoms. The van der Waals surface area contributed by atoms with Gasteiger partial charge in [-0.25, -0.2) is 4.98 Å². The van der Waals surface area contributed by atoms with Gasteiger partial charge in [0, 0.05) is 27.1 Å². The Morgan fingerprint density at radius 1 is 1.21 bits per heavy atom. The fourth-order valence-corrected chi connectivity index (χ4v) is 5.09. The lowest BCUT2D eigenvalue weighted by molar-refractivity contribution is 0.555. The van der Waals surface area contributed by atoms with Gasteiger partial charge >= 0.3 is 0 Å². The first-order valence-electron chi connectivity index (χ1n) is 6.20. The molecule has 0 aliphatic heterocycles. The second-order valence-corrected chi connectivity index (χ2v) is 7.38. The SMILES string of the molecule is Cc1cccc(C(CBr)(CBr)Cc2cnc(C)s2)c1. The van der Waals surface area contributed by atoms with Crippen molar-refractivity contribution in [1.29, 1.82) is 0 Å². The Morgan fingerprint density at radius 2 is 1.95 bits per heavy atom. The molecule has 0 fully saturated rings. The number of hydrogen-bond acceptors (Lipinski definition) is 2. The molecule has 2 rings (SSSR count). The molecular formula is C15H17Br2NS. The standard InChI is InChI=1S/C15H17Br2NS/c1-11-4-3-5-13(6-11)15(9-16,10-17)7-14-8-18-12(2)19-14/h3-6,8H,7,9-10H2,1-2H3. The van der Waals surface area contributed by atoms with Gasteiger partial charge in [0.2, 0.25) is 0 Å². The second kappa shape index (κ2) is 6.51. The zero-order valence-corrected chi connectivity index (χ0v) is 15.1. The first kappa shape index (κ1) is 15.2. The van der Waals surface area contributed by atoms with Gasteiger partial charge in [0.15, 0.2) is 0 Å². The topological polar surface area (TPSA) is 12.9 Å². The summed E-state index contributed by atoms with van der Waals surface area (Å²) < 4.78 is 0. The van der Waals surface area contributed by atoms with Crippen LogP contribution in [0.15, 0.2) is 30.5 Å². The van der Waals surface area contributed by atoms with Crippen LogP contribution in [0.3, 0.4) is 0 Å². The van der Waals surface area contributed by atoms with Crippen molar-refractivity contribution in [1.82, 2.24) is 4.98 Å². The number of benzene rings is 1. The van der Waals surface area contributed by atoms with E-state index in [1.807, 2.05) is 6.20 Å². The summed E-state index contributed by atoms with van der Waals surface area (Å²) in [5.74, 6) is 0. The maximum Gasteiger partial charge on any atom is 0.0896 e. The summed E-state index contributed by atoms with van der Waals surface area (Å²) >= 11 is 9.22. The van der Waals surface area contributed by atoms with Crippen LogP contribution in [0.2, 0.25) is 0 Å². The van der Waals surface area contributed by atoms with Crippen molar-refractivity contribution in [2.45, 2.75) is 25.7 Å². The zero-order chi connectivity index (χ0) is 13.9. The summed E-state index contributed by atoms with van der Waals surface area (Å²) in [6.45, 7) is 4.21. The van der Waals surface area contributed by atoms with Crippen LogP contribution < -0.4 is 0 Å². The lowest BCUT2D eigenvalue weighted by Crippen LogP contribution is -2.32. The van der Waals surface area contributed by atoms with Crippen LogP contribution >= 0.6 is 43.2 Å². The smallest absolute Gasteiger partial charge is 0.0896 e. The van der Waals surface area contributed by atoms with Crippen LogP contribution in [-0.4, -0.2) is 15.6 Å². The quantitative estimate of drug-likeness (QED) is 0.639. The van der Waals surface area contributed by atoms with Gasteiger partial charge in [-0.2, -0.15) is 0 Å². The maximum atomic E-state index is 4.37. The Hall–Kier alpha value is -0.190. The van der Waals surface area contributed by atoms with Crippen molar-refractivity contribution in [3.8, 4) is 0 Å². The highest BCUT2D eigenvalue weighted by atomic mass is 79.9. The third-order valence-electron chi connectivity index (χ3n) is 3.32. The van der Waals surface area contributed by atoms with Crippen molar-refractivity contribution < 1.29 is 0 Å². The number of rotatable bonds is 5. The first-order valence-corrected chi connectivity index (χ1v) is 9.26. The van der Waals surface area contributed by atoms with Crippen LogP contribution in [0.1, 0.15) is 21.0 Å². The van der Waals surface area contributed by atoms with E-state index in [9.17, 15) is 0 Å². The zero-order valence-electron chi connectivity index (χ0n) is 11.1. The Labute approximate surface area is 135 Å². The second-order valence-electron chi connectivity index (χ2n) is 4.94. The molecule has 0 unspecified atom stereocenters. The van der Waals surface area contributed by atoms with E-state index in [-0.39, 0.29) is 5.41 Å². The molecule has 0 saturated carbocycles. The van der Waals surface area contributed by atoms with Gasteiger partial charge < -0.3 is 0 Å². The number of aryl methyl sites for hydroxylation is 2. The molecule has 0 atom stereocenters. The minimum atomic E-state index is 0.0883. The predicted molar refractivity (Wildman–Crippen MR) is 91.0 cm³/mol. The minimum Gasteiger partial charge on any atom is -0.250 e. The molecule has 0 spiro atoms.